The molecule has 0 amide bonds. The molecule has 0 aliphatic heterocycles. The highest BCUT2D eigenvalue weighted by atomic mass is 16.5. The first-order chi connectivity index (χ1) is 11.6. The van der Waals surface area contributed by atoms with Crippen molar-refractivity contribution in [3.05, 3.63) is 71.8 Å². The standard InChI is InChI=1S/C20H18O4/c1-23-19(21)13-7-15-3-9-17(10-4-15)18-11-5-16(6-12-18)8-14-20(22)24-2/h3-14H,1-2H3/b13-7+,14-8+. The fourth-order valence-corrected chi connectivity index (χ4v) is 2.04. The molecular weight excluding hydrogens is 304 g/mol. The number of carbonyl (C=O) groups excluding carboxylic acids is 2. The molecule has 2 aromatic rings. The predicted octanol–water partition coefficient (Wildman–Crippen LogP) is 3.73. The van der Waals surface area contributed by atoms with Crippen LogP contribution in [0.15, 0.2) is 60.7 Å². The Morgan fingerprint density at radius 1 is 0.667 bits per heavy atom. The van der Waals surface area contributed by atoms with Gasteiger partial charge in [-0.15, -0.1) is 0 Å². The lowest BCUT2D eigenvalue weighted by Gasteiger charge is -2.03. The van der Waals surface area contributed by atoms with Gasteiger partial charge in [-0.3, -0.25) is 0 Å². The van der Waals surface area contributed by atoms with Gasteiger partial charge in [-0.05, 0) is 34.4 Å². The molecule has 0 N–H and O–H groups in total. The SMILES string of the molecule is COC(=O)/C=C/c1ccc(-c2ccc(/C=C/C(=O)OC)cc2)cc1. The zero-order chi connectivity index (χ0) is 17.4. The van der Waals surface area contributed by atoms with E-state index in [1.165, 1.54) is 26.4 Å². The van der Waals surface area contributed by atoms with Crippen LogP contribution in [0.3, 0.4) is 0 Å². The van der Waals surface area contributed by atoms with Crippen LogP contribution in [0, 0.1) is 0 Å². The molecule has 0 saturated carbocycles. The summed E-state index contributed by atoms with van der Waals surface area (Å²) in [4.78, 5) is 22.2. The second kappa shape index (κ2) is 8.48. The summed E-state index contributed by atoms with van der Waals surface area (Å²) in [5, 5.41) is 0. The summed E-state index contributed by atoms with van der Waals surface area (Å²) in [6, 6.07) is 15.7. The summed E-state index contributed by atoms with van der Waals surface area (Å²) in [6.45, 7) is 0. The van der Waals surface area contributed by atoms with Gasteiger partial charge in [-0.1, -0.05) is 48.5 Å². The molecule has 0 heterocycles. The molecule has 0 aliphatic carbocycles. The maximum absolute atomic E-state index is 11.1. The first-order valence-electron chi connectivity index (χ1n) is 7.35. The Balaban J connectivity index is 2.09. The van der Waals surface area contributed by atoms with Crippen LogP contribution in [0.2, 0.25) is 0 Å². The summed E-state index contributed by atoms with van der Waals surface area (Å²) in [5.41, 5.74) is 3.96. The molecule has 0 atom stereocenters. The molecule has 2 aromatic carbocycles. The van der Waals surface area contributed by atoms with Gasteiger partial charge in [0, 0.05) is 12.2 Å². The van der Waals surface area contributed by atoms with Crippen molar-refractivity contribution in [1.29, 1.82) is 0 Å². The Morgan fingerprint density at radius 3 is 1.29 bits per heavy atom. The van der Waals surface area contributed by atoms with Gasteiger partial charge in [-0.25, -0.2) is 9.59 Å². The van der Waals surface area contributed by atoms with E-state index in [1.54, 1.807) is 12.2 Å². The van der Waals surface area contributed by atoms with Crippen molar-refractivity contribution < 1.29 is 19.1 Å². The van der Waals surface area contributed by atoms with E-state index < -0.39 is 0 Å². The second-order valence-corrected chi connectivity index (χ2v) is 4.96. The highest BCUT2D eigenvalue weighted by molar-refractivity contribution is 5.87. The lowest BCUT2D eigenvalue weighted by Crippen LogP contribution is -1.93. The Bertz CT molecular complexity index is 686. The number of rotatable bonds is 5. The molecular formula is C20H18O4. The minimum Gasteiger partial charge on any atom is -0.466 e. The Kier molecular flexibility index (Phi) is 6.08. The Labute approximate surface area is 141 Å². The highest BCUT2D eigenvalue weighted by Gasteiger charge is 1.99. The molecule has 0 saturated heterocycles. The third kappa shape index (κ3) is 4.95. The smallest absolute Gasteiger partial charge is 0.330 e. The molecule has 0 bridgehead atoms. The van der Waals surface area contributed by atoms with Crippen molar-refractivity contribution in [2.75, 3.05) is 14.2 Å². The van der Waals surface area contributed by atoms with Crippen LogP contribution >= 0.6 is 0 Å². The van der Waals surface area contributed by atoms with Crippen LogP contribution < -0.4 is 0 Å². The molecule has 0 aromatic heterocycles. The first kappa shape index (κ1) is 17.2. The predicted molar refractivity (Wildman–Crippen MR) is 94.0 cm³/mol. The van der Waals surface area contributed by atoms with Gasteiger partial charge in [0.1, 0.15) is 0 Å². The van der Waals surface area contributed by atoms with Gasteiger partial charge in [0.15, 0.2) is 0 Å². The summed E-state index contributed by atoms with van der Waals surface area (Å²) in [7, 11) is 2.69. The fourth-order valence-electron chi connectivity index (χ4n) is 2.04. The van der Waals surface area contributed by atoms with E-state index in [0.29, 0.717) is 0 Å². The maximum Gasteiger partial charge on any atom is 0.330 e. The van der Waals surface area contributed by atoms with Crippen molar-refractivity contribution >= 4 is 24.1 Å². The van der Waals surface area contributed by atoms with Crippen LogP contribution in [-0.2, 0) is 19.1 Å². The summed E-state index contributed by atoms with van der Waals surface area (Å²) >= 11 is 0. The van der Waals surface area contributed by atoms with Crippen LogP contribution in [0.4, 0.5) is 0 Å². The molecule has 0 aliphatic rings. The fraction of sp³-hybridized carbons (Fsp3) is 0.100. The summed E-state index contributed by atoms with van der Waals surface area (Å²) < 4.78 is 9.12. The minimum absolute atomic E-state index is 0.380. The van der Waals surface area contributed by atoms with Gasteiger partial charge < -0.3 is 9.47 Å². The van der Waals surface area contributed by atoms with Gasteiger partial charge >= 0.3 is 11.9 Å². The summed E-state index contributed by atoms with van der Waals surface area (Å²) in [6.07, 6.45) is 6.18. The van der Waals surface area contributed by atoms with Crippen molar-refractivity contribution in [3.63, 3.8) is 0 Å². The van der Waals surface area contributed by atoms with Crippen LogP contribution in [0.25, 0.3) is 23.3 Å². The quantitative estimate of drug-likeness (QED) is 0.622. The van der Waals surface area contributed by atoms with Crippen molar-refractivity contribution in [1.82, 2.24) is 0 Å². The summed E-state index contributed by atoms with van der Waals surface area (Å²) in [5.74, 6) is -0.760. The number of methoxy groups -OCH3 is 2. The highest BCUT2D eigenvalue weighted by Crippen LogP contribution is 2.21. The molecule has 0 unspecified atom stereocenters. The Morgan fingerprint density at radius 2 is 1.00 bits per heavy atom. The number of ether oxygens (including phenoxy) is 2. The zero-order valence-corrected chi connectivity index (χ0v) is 13.6. The second-order valence-electron chi connectivity index (χ2n) is 4.96. The van der Waals surface area contributed by atoms with Crippen molar-refractivity contribution in [2.45, 2.75) is 0 Å². The molecule has 4 heteroatoms. The minimum atomic E-state index is -0.380. The molecule has 0 spiro atoms. The van der Waals surface area contributed by atoms with Crippen LogP contribution in [0.5, 0.6) is 0 Å². The maximum atomic E-state index is 11.1. The van der Waals surface area contributed by atoms with Crippen LogP contribution in [-0.4, -0.2) is 26.2 Å². The zero-order valence-electron chi connectivity index (χ0n) is 13.6. The average Bonchev–Trinajstić information content (AvgIpc) is 2.65. The largest absolute Gasteiger partial charge is 0.466 e. The third-order valence-electron chi connectivity index (χ3n) is 3.38. The lowest BCUT2D eigenvalue weighted by molar-refractivity contribution is -0.135. The van der Waals surface area contributed by atoms with Crippen LogP contribution in [0.1, 0.15) is 11.1 Å². The number of hydrogen-bond acceptors (Lipinski definition) is 4. The number of carbonyl (C=O) groups is 2. The number of esters is 2. The van der Waals surface area contributed by atoms with E-state index in [0.717, 1.165) is 22.3 Å². The topological polar surface area (TPSA) is 52.6 Å². The number of benzene rings is 2. The van der Waals surface area contributed by atoms with Crippen molar-refractivity contribution in [3.8, 4) is 11.1 Å². The molecule has 0 radical (unpaired) electrons. The molecule has 0 fully saturated rings. The van der Waals surface area contributed by atoms with E-state index in [1.807, 2.05) is 48.5 Å². The van der Waals surface area contributed by atoms with E-state index in [9.17, 15) is 9.59 Å². The molecule has 4 nitrogen and oxygen atoms in total. The molecule has 2 rings (SSSR count). The first-order valence-corrected chi connectivity index (χ1v) is 7.35. The normalized spacial score (nSPS) is 10.9. The Hall–Kier alpha value is -3.14. The van der Waals surface area contributed by atoms with E-state index >= 15 is 0 Å². The van der Waals surface area contributed by atoms with E-state index in [2.05, 4.69) is 9.47 Å². The van der Waals surface area contributed by atoms with Gasteiger partial charge in [0.05, 0.1) is 14.2 Å². The average molecular weight is 322 g/mol. The lowest BCUT2D eigenvalue weighted by atomic mass is 10.0. The third-order valence-corrected chi connectivity index (χ3v) is 3.38. The molecule has 24 heavy (non-hydrogen) atoms. The monoisotopic (exact) mass is 322 g/mol. The number of hydrogen-bond donors (Lipinski definition) is 0. The van der Waals surface area contributed by atoms with Gasteiger partial charge in [0.25, 0.3) is 0 Å². The van der Waals surface area contributed by atoms with Gasteiger partial charge in [-0.2, -0.15) is 0 Å². The van der Waals surface area contributed by atoms with E-state index in [-0.39, 0.29) is 11.9 Å². The van der Waals surface area contributed by atoms with Crippen molar-refractivity contribution in [2.24, 2.45) is 0 Å². The van der Waals surface area contributed by atoms with Gasteiger partial charge in [0.2, 0.25) is 0 Å². The van der Waals surface area contributed by atoms with E-state index in [4.69, 9.17) is 0 Å². The molecule has 122 valence electrons.